The van der Waals surface area contributed by atoms with E-state index in [0.717, 1.165) is 24.2 Å². The van der Waals surface area contributed by atoms with E-state index in [1.165, 1.54) is 0 Å². The largest absolute Gasteiger partial charge is 0.507 e. The lowest BCUT2D eigenvalue weighted by molar-refractivity contribution is -0.140. The number of amides is 1. The summed E-state index contributed by atoms with van der Waals surface area (Å²) in [6.45, 7) is 7.20. The highest BCUT2D eigenvalue weighted by Gasteiger charge is 2.45. The van der Waals surface area contributed by atoms with Gasteiger partial charge in [-0.3, -0.25) is 9.59 Å². The highest BCUT2D eigenvalue weighted by Crippen LogP contribution is 2.39. The van der Waals surface area contributed by atoms with Crippen molar-refractivity contribution in [1.29, 1.82) is 0 Å². The van der Waals surface area contributed by atoms with Gasteiger partial charge in [0.15, 0.2) is 0 Å². The van der Waals surface area contributed by atoms with Crippen molar-refractivity contribution < 1.29 is 19.4 Å². The normalized spacial score (nSPS) is 17.0. The highest BCUT2D eigenvalue weighted by molar-refractivity contribution is 6.46. The number of rotatable bonds is 10. The molecular formula is C30H31ClN2O4. The van der Waals surface area contributed by atoms with E-state index >= 15 is 0 Å². The number of ketones is 1. The van der Waals surface area contributed by atoms with Crippen molar-refractivity contribution in [3.8, 4) is 5.75 Å². The molecule has 0 spiro atoms. The van der Waals surface area contributed by atoms with Gasteiger partial charge in [-0.15, -0.1) is 0 Å². The summed E-state index contributed by atoms with van der Waals surface area (Å²) in [6.07, 6.45) is 0. The second-order valence-electron chi connectivity index (χ2n) is 8.87. The zero-order chi connectivity index (χ0) is 26.4. The molecule has 0 radical (unpaired) electrons. The minimum atomic E-state index is -0.714. The molecule has 1 atom stereocenters. The number of aliphatic hydroxyl groups is 1. The molecule has 1 unspecified atom stereocenters. The Kier molecular flexibility index (Phi) is 8.64. The lowest BCUT2D eigenvalue weighted by atomic mass is 9.95. The Bertz CT molecular complexity index is 1250. The smallest absolute Gasteiger partial charge is 0.295 e. The number of carbonyl (C=O) groups excluding carboxylic acids is 2. The molecular weight excluding hydrogens is 488 g/mol. The van der Waals surface area contributed by atoms with E-state index in [9.17, 15) is 14.7 Å². The maximum atomic E-state index is 13.2. The van der Waals surface area contributed by atoms with E-state index in [2.05, 4.69) is 18.7 Å². The van der Waals surface area contributed by atoms with Crippen LogP contribution in [0.5, 0.6) is 5.75 Å². The number of likely N-dealkylation sites (N-methyl/N-ethyl adjacent to an activating group) is 1. The van der Waals surface area contributed by atoms with Crippen LogP contribution in [-0.4, -0.2) is 52.8 Å². The average Bonchev–Trinajstić information content (AvgIpc) is 3.18. The lowest BCUT2D eigenvalue weighted by Crippen LogP contribution is -2.38. The predicted octanol–water partition coefficient (Wildman–Crippen LogP) is 5.68. The molecule has 7 heteroatoms. The minimum Gasteiger partial charge on any atom is -0.507 e. The molecule has 1 N–H and O–H groups in total. The summed E-state index contributed by atoms with van der Waals surface area (Å²) in [7, 11) is 0. The Labute approximate surface area is 222 Å². The second-order valence-corrected chi connectivity index (χ2v) is 9.31. The first kappa shape index (κ1) is 26.5. The number of ether oxygens (including phenoxy) is 1. The third-order valence-corrected chi connectivity index (χ3v) is 6.91. The standard InChI is InChI=1S/C30H31ClN2O4/c1-3-32(4-2)18-19-33-27(22-12-16-25(17-13-22)37-20-21-8-6-5-7-9-21)26(29(35)30(33)36)28(34)23-10-14-24(31)15-11-23/h5-17,27,34H,3-4,18-20H2,1-2H3. The van der Waals surface area contributed by atoms with E-state index in [-0.39, 0.29) is 11.3 Å². The molecule has 37 heavy (non-hydrogen) atoms. The minimum absolute atomic E-state index is 0.0739. The molecule has 1 heterocycles. The molecule has 1 fully saturated rings. The molecule has 0 aliphatic carbocycles. The first-order valence-corrected chi connectivity index (χ1v) is 12.8. The molecule has 3 aromatic rings. The molecule has 1 aliphatic rings. The van der Waals surface area contributed by atoms with Gasteiger partial charge in [0, 0.05) is 23.7 Å². The Balaban J connectivity index is 1.67. The Hall–Kier alpha value is -3.61. The van der Waals surface area contributed by atoms with Crippen molar-refractivity contribution >= 4 is 29.1 Å². The van der Waals surface area contributed by atoms with Crippen LogP contribution in [0.25, 0.3) is 5.76 Å². The Morgan fingerprint density at radius 1 is 0.946 bits per heavy atom. The van der Waals surface area contributed by atoms with Gasteiger partial charge < -0.3 is 19.6 Å². The summed E-state index contributed by atoms with van der Waals surface area (Å²) < 4.78 is 5.91. The van der Waals surface area contributed by atoms with Crippen molar-refractivity contribution in [3.63, 3.8) is 0 Å². The van der Waals surface area contributed by atoms with Crippen LogP contribution in [0.2, 0.25) is 5.02 Å². The van der Waals surface area contributed by atoms with Crippen molar-refractivity contribution in [3.05, 3.63) is 106 Å². The first-order valence-electron chi connectivity index (χ1n) is 12.5. The number of aliphatic hydroxyl groups excluding tert-OH is 1. The molecule has 3 aromatic carbocycles. The highest BCUT2D eigenvalue weighted by atomic mass is 35.5. The number of Topliss-reactive ketones (excluding diaryl/α,β-unsaturated/α-hetero) is 1. The number of carbonyl (C=O) groups is 2. The molecule has 1 amide bonds. The van der Waals surface area contributed by atoms with E-state index < -0.39 is 17.7 Å². The molecule has 4 rings (SSSR count). The Morgan fingerprint density at radius 3 is 2.22 bits per heavy atom. The fourth-order valence-electron chi connectivity index (χ4n) is 4.50. The summed E-state index contributed by atoms with van der Waals surface area (Å²) in [4.78, 5) is 30.1. The SMILES string of the molecule is CCN(CC)CCN1C(=O)C(=O)C(=C(O)c2ccc(Cl)cc2)C1c1ccc(OCc2ccccc2)cc1. The maximum Gasteiger partial charge on any atom is 0.295 e. The van der Waals surface area contributed by atoms with Crippen molar-refractivity contribution in [2.24, 2.45) is 0 Å². The number of halogens is 1. The molecule has 6 nitrogen and oxygen atoms in total. The molecule has 1 aliphatic heterocycles. The van der Waals surface area contributed by atoms with E-state index in [4.69, 9.17) is 16.3 Å². The summed E-state index contributed by atoms with van der Waals surface area (Å²) in [6, 6.07) is 23.0. The summed E-state index contributed by atoms with van der Waals surface area (Å²) in [5, 5.41) is 11.7. The fraction of sp³-hybridized carbons (Fsp3) is 0.267. The fourth-order valence-corrected chi connectivity index (χ4v) is 4.62. The zero-order valence-electron chi connectivity index (χ0n) is 21.1. The molecule has 0 bridgehead atoms. The van der Waals surface area contributed by atoms with Gasteiger partial charge in [-0.25, -0.2) is 0 Å². The maximum absolute atomic E-state index is 13.2. The van der Waals surface area contributed by atoms with Crippen LogP contribution in [0, 0.1) is 0 Å². The van der Waals surface area contributed by atoms with Crippen molar-refractivity contribution in [2.75, 3.05) is 26.2 Å². The zero-order valence-corrected chi connectivity index (χ0v) is 21.8. The third kappa shape index (κ3) is 6.04. The van der Waals surface area contributed by atoms with Gasteiger partial charge in [-0.2, -0.15) is 0 Å². The monoisotopic (exact) mass is 518 g/mol. The first-order chi connectivity index (χ1) is 17.9. The lowest BCUT2D eigenvalue weighted by Gasteiger charge is -2.28. The predicted molar refractivity (Wildman–Crippen MR) is 145 cm³/mol. The van der Waals surface area contributed by atoms with Gasteiger partial charge in [0.1, 0.15) is 18.1 Å². The van der Waals surface area contributed by atoms with Gasteiger partial charge in [0.05, 0.1) is 11.6 Å². The Morgan fingerprint density at radius 2 is 1.59 bits per heavy atom. The third-order valence-electron chi connectivity index (χ3n) is 6.65. The molecule has 192 valence electrons. The summed E-state index contributed by atoms with van der Waals surface area (Å²) in [5.41, 5.74) is 2.28. The second kappa shape index (κ2) is 12.1. The van der Waals surface area contributed by atoms with Crippen LogP contribution in [0.3, 0.4) is 0 Å². The number of likely N-dealkylation sites (tertiary alicyclic amines) is 1. The molecule has 0 saturated carbocycles. The van der Waals surface area contributed by atoms with Crippen LogP contribution in [-0.2, 0) is 16.2 Å². The van der Waals surface area contributed by atoms with Crippen LogP contribution >= 0.6 is 11.6 Å². The van der Waals surface area contributed by atoms with Crippen LogP contribution in [0.15, 0.2) is 84.4 Å². The average molecular weight is 519 g/mol. The van der Waals surface area contributed by atoms with Gasteiger partial charge in [0.2, 0.25) is 0 Å². The van der Waals surface area contributed by atoms with Crippen LogP contribution < -0.4 is 4.74 Å². The van der Waals surface area contributed by atoms with Crippen molar-refractivity contribution in [1.82, 2.24) is 9.80 Å². The van der Waals surface area contributed by atoms with Crippen molar-refractivity contribution in [2.45, 2.75) is 26.5 Å². The number of nitrogens with zero attached hydrogens (tertiary/aromatic N) is 2. The molecule has 1 saturated heterocycles. The van der Waals surface area contributed by atoms with Gasteiger partial charge >= 0.3 is 0 Å². The van der Waals surface area contributed by atoms with Crippen LogP contribution in [0.1, 0.15) is 36.6 Å². The van der Waals surface area contributed by atoms with E-state index in [1.54, 1.807) is 29.2 Å². The van der Waals surface area contributed by atoms with Crippen LogP contribution in [0.4, 0.5) is 0 Å². The van der Waals surface area contributed by atoms with Gasteiger partial charge in [-0.1, -0.05) is 67.9 Å². The van der Waals surface area contributed by atoms with E-state index in [1.807, 2.05) is 54.6 Å². The van der Waals surface area contributed by atoms with E-state index in [0.29, 0.717) is 36.0 Å². The quantitative estimate of drug-likeness (QED) is 0.212. The van der Waals surface area contributed by atoms with Gasteiger partial charge in [-0.05, 0) is 60.6 Å². The number of benzene rings is 3. The van der Waals surface area contributed by atoms with Gasteiger partial charge in [0.25, 0.3) is 11.7 Å². The molecule has 0 aromatic heterocycles. The summed E-state index contributed by atoms with van der Waals surface area (Å²) in [5.74, 6) is -0.848. The number of hydrogen-bond donors (Lipinski definition) is 1. The number of hydrogen-bond acceptors (Lipinski definition) is 5. The topological polar surface area (TPSA) is 70.1 Å². The summed E-state index contributed by atoms with van der Waals surface area (Å²) >= 11 is 6.01.